The maximum atomic E-state index is 11.7. The van der Waals surface area contributed by atoms with Gasteiger partial charge in [-0.2, -0.15) is 0 Å². The lowest BCUT2D eigenvalue weighted by Crippen LogP contribution is -2.05. The summed E-state index contributed by atoms with van der Waals surface area (Å²) in [7, 11) is 1.45. The highest BCUT2D eigenvalue weighted by Gasteiger charge is 2.23. The fourth-order valence-corrected chi connectivity index (χ4v) is 3.01. The summed E-state index contributed by atoms with van der Waals surface area (Å²) < 4.78 is 5.26. The van der Waals surface area contributed by atoms with Crippen LogP contribution in [0.3, 0.4) is 0 Å². The molecule has 0 aliphatic carbocycles. The number of benzene rings is 2. The van der Waals surface area contributed by atoms with Crippen LogP contribution in [-0.4, -0.2) is 28.3 Å². The Morgan fingerprint density at radius 2 is 1.84 bits per heavy atom. The van der Waals surface area contributed by atoms with Gasteiger partial charge in [0.1, 0.15) is 16.8 Å². The SMILES string of the molecule is COc1ccc(Cl)c2c(C(=O)O)c(O)c(Cc3ccc(Cl)cc3)nc12. The number of pyridine rings is 1. The molecule has 0 aliphatic rings. The second kappa shape index (κ2) is 6.78. The number of carbonyl (C=O) groups is 1. The number of aromatic nitrogens is 1. The number of methoxy groups -OCH3 is 1. The van der Waals surface area contributed by atoms with Crippen LogP contribution in [0.25, 0.3) is 10.9 Å². The van der Waals surface area contributed by atoms with E-state index in [4.69, 9.17) is 27.9 Å². The monoisotopic (exact) mass is 377 g/mol. The van der Waals surface area contributed by atoms with Crippen molar-refractivity contribution < 1.29 is 19.7 Å². The van der Waals surface area contributed by atoms with Crippen molar-refractivity contribution in [2.75, 3.05) is 7.11 Å². The number of ether oxygens (including phenoxy) is 1. The zero-order valence-corrected chi connectivity index (χ0v) is 14.6. The van der Waals surface area contributed by atoms with Gasteiger partial charge in [-0.25, -0.2) is 9.78 Å². The zero-order chi connectivity index (χ0) is 18.1. The number of nitrogens with zero attached hydrogens (tertiary/aromatic N) is 1. The Balaban J connectivity index is 2.27. The second-order valence-corrected chi connectivity index (χ2v) is 6.21. The smallest absolute Gasteiger partial charge is 0.340 e. The number of fused-ring (bicyclic) bond motifs is 1. The molecule has 3 rings (SSSR count). The number of aromatic carboxylic acids is 1. The minimum absolute atomic E-state index is 0.144. The van der Waals surface area contributed by atoms with Crippen molar-refractivity contribution in [3.63, 3.8) is 0 Å². The molecule has 128 valence electrons. The lowest BCUT2D eigenvalue weighted by Gasteiger charge is -2.14. The van der Waals surface area contributed by atoms with Gasteiger partial charge in [0.15, 0.2) is 5.75 Å². The molecular weight excluding hydrogens is 365 g/mol. The number of aromatic hydroxyl groups is 1. The van der Waals surface area contributed by atoms with Crippen LogP contribution in [0.15, 0.2) is 36.4 Å². The predicted octanol–water partition coefficient (Wildman–Crippen LogP) is 4.54. The summed E-state index contributed by atoms with van der Waals surface area (Å²) in [6, 6.07) is 10.1. The van der Waals surface area contributed by atoms with Crippen LogP contribution in [0.2, 0.25) is 10.0 Å². The van der Waals surface area contributed by atoms with Crippen LogP contribution in [-0.2, 0) is 6.42 Å². The molecule has 0 saturated heterocycles. The lowest BCUT2D eigenvalue weighted by molar-refractivity contribution is 0.0695. The van der Waals surface area contributed by atoms with E-state index in [1.54, 1.807) is 30.3 Å². The van der Waals surface area contributed by atoms with Gasteiger partial charge in [-0.05, 0) is 29.8 Å². The van der Waals surface area contributed by atoms with Gasteiger partial charge in [-0.1, -0.05) is 35.3 Å². The quantitative estimate of drug-likeness (QED) is 0.697. The molecule has 0 saturated carbocycles. The Labute approximate surface area is 153 Å². The number of hydrogen-bond donors (Lipinski definition) is 2. The first-order chi connectivity index (χ1) is 11.9. The maximum absolute atomic E-state index is 11.7. The van der Waals surface area contributed by atoms with Gasteiger partial charge in [0.2, 0.25) is 0 Å². The minimum atomic E-state index is -1.29. The van der Waals surface area contributed by atoms with E-state index in [-0.39, 0.29) is 33.6 Å². The molecule has 0 spiro atoms. The highest BCUT2D eigenvalue weighted by Crippen LogP contribution is 2.38. The van der Waals surface area contributed by atoms with E-state index in [0.717, 1.165) is 5.56 Å². The number of rotatable bonds is 4. The van der Waals surface area contributed by atoms with Crippen LogP contribution in [0.4, 0.5) is 0 Å². The number of halogens is 2. The highest BCUT2D eigenvalue weighted by molar-refractivity contribution is 6.37. The van der Waals surface area contributed by atoms with E-state index >= 15 is 0 Å². The van der Waals surface area contributed by atoms with E-state index in [0.29, 0.717) is 10.8 Å². The molecule has 0 bridgehead atoms. The largest absolute Gasteiger partial charge is 0.505 e. The summed E-state index contributed by atoms with van der Waals surface area (Å²) in [6.07, 6.45) is 0.231. The van der Waals surface area contributed by atoms with Crippen LogP contribution < -0.4 is 4.74 Å². The molecule has 2 N–H and O–H groups in total. The Hall–Kier alpha value is -2.50. The lowest BCUT2D eigenvalue weighted by atomic mass is 10.0. The minimum Gasteiger partial charge on any atom is -0.505 e. The van der Waals surface area contributed by atoms with Crippen LogP contribution >= 0.6 is 23.2 Å². The topological polar surface area (TPSA) is 79.7 Å². The van der Waals surface area contributed by atoms with E-state index in [2.05, 4.69) is 4.98 Å². The van der Waals surface area contributed by atoms with E-state index in [1.165, 1.54) is 13.2 Å². The second-order valence-electron chi connectivity index (χ2n) is 5.36. The molecule has 1 aromatic heterocycles. The van der Waals surface area contributed by atoms with E-state index < -0.39 is 11.7 Å². The number of carboxylic acid groups (broad SMARTS) is 1. The zero-order valence-electron chi connectivity index (χ0n) is 13.1. The van der Waals surface area contributed by atoms with Crippen molar-refractivity contribution in [3.05, 3.63) is 63.3 Å². The van der Waals surface area contributed by atoms with Crippen LogP contribution in [0.5, 0.6) is 11.5 Å². The maximum Gasteiger partial charge on any atom is 0.340 e. The summed E-state index contributed by atoms with van der Waals surface area (Å²) >= 11 is 12.0. The van der Waals surface area contributed by atoms with Crippen molar-refractivity contribution >= 4 is 40.1 Å². The molecule has 0 aliphatic heterocycles. The molecule has 2 aromatic carbocycles. The van der Waals surface area contributed by atoms with E-state index in [9.17, 15) is 15.0 Å². The van der Waals surface area contributed by atoms with Gasteiger partial charge in [-0.15, -0.1) is 0 Å². The molecule has 7 heteroatoms. The summed E-state index contributed by atoms with van der Waals surface area (Å²) in [5.74, 6) is -1.33. The Kier molecular flexibility index (Phi) is 4.70. The molecular formula is C18H13Cl2NO4. The van der Waals surface area contributed by atoms with Crippen molar-refractivity contribution in [1.29, 1.82) is 0 Å². The fourth-order valence-electron chi connectivity index (χ4n) is 2.64. The third-order valence-corrected chi connectivity index (χ3v) is 4.38. The molecule has 0 fully saturated rings. The molecule has 3 aromatic rings. The van der Waals surface area contributed by atoms with Crippen molar-refractivity contribution in [1.82, 2.24) is 4.98 Å². The Bertz CT molecular complexity index is 971. The third kappa shape index (κ3) is 3.21. The van der Waals surface area contributed by atoms with Gasteiger partial charge in [0, 0.05) is 16.8 Å². The van der Waals surface area contributed by atoms with Gasteiger partial charge >= 0.3 is 5.97 Å². The predicted molar refractivity (Wildman–Crippen MR) is 96.2 cm³/mol. The van der Waals surface area contributed by atoms with Gasteiger partial charge in [0.25, 0.3) is 0 Å². The summed E-state index contributed by atoms with van der Waals surface area (Å²) in [5, 5.41) is 21.0. The average molecular weight is 378 g/mol. The summed E-state index contributed by atoms with van der Waals surface area (Å²) in [6.45, 7) is 0. The summed E-state index contributed by atoms with van der Waals surface area (Å²) in [5.41, 5.74) is 1.03. The van der Waals surface area contributed by atoms with E-state index in [1.807, 2.05) is 0 Å². The highest BCUT2D eigenvalue weighted by atomic mass is 35.5. The van der Waals surface area contributed by atoms with Crippen molar-refractivity contribution in [2.45, 2.75) is 6.42 Å². The van der Waals surface area contributed by atoms with Crippen molar-refractivity contribution in [3.8, 4) is 11.5 Å². The first kappa shape index (κ1) is 17.3. The van der Waals surface area contributed by atoms with Crippen molar-refractivity contribution in [2.24, 2.45) is 0 Å². The third-order valence-electron chi connectivity index (χ3n) is 3.82. The Morgan fingerprint density at radius 3 is 2.44 bits per heavy atom. The molecule has 0 radical (unpaired) electrons. The molecule has 0 unspecified atom stereocenters. The standard InChI is InChI=1S/C18H13Cl2NO4/c1-25-13-7-6-11(20)14-15(18(23)24)17(22)12(21-16(13)14)8-9-2-4-10(19)5-3-9/h2-7,22H,8H2,1H3,(H,23,24). The number of hydrogen-bond acceptors (Lipinski definition) is 4. The molecule has 25 heavy (non-hydrogen) atoms. The first-order valence-corrected chi connectivity index (χ1v) is 8.03. The van der Waals surface area contributed by atoms with Gasteiger partial charge in [0.05, 0.1) is 17.8 Å². The van der Waals surface area contributed by atoms with Crippen LogP contribution in [0, 0.1) is 0 Å². The number of carboxylic acids is 1. The molecule has 0 amide bonds. The summed E-state index contributed by atoms with van der Waals surface area (Å²) in [4.78, 5) is 16.1. The fraction of sp³-hybridized carbons (Fsp3) is 0.111. The first-order valence-electron chi connectivity index (χ1n) is 7.28. The molecule has 0 atom stereocenters. The normalized spacial score (nSPS) is 10.8. The van der Waals surface area contributed by atoms with Gasteiger partial charge in [-0.3, -0.25) is 0 Å². The Morgan fingerprint density at radius 1 is 1.16 bits per heavy atom. The average Bonchev–Trinajstić information content (AvgIpc) is 2.58. The molecule has 1 heterocycles. The van der Waals surface area contributed by atoms with Gasteiger partial charge < -0.3 is 14.9 Å². The van der Waals surface area contributed by atoms with Crippen LogP contribution in [0.1, 0.15) is 21.6 Å². The molecule has 5 nitrogen and oxygen atoms in total.